The Kier molecular flexibility index (Phi) is 5.99. The van der Waals surface area contributed by atoms with Crippen LogP contribution in [-0.4, -0.2) is 35.4 Å². The molecule has 2 rings (SSSR count). The van der Waals surface area contributed by atoms with Gasteiger partial charge in [0.15, 0.2) is 0 Å². The fourth-order valence-electron chi connectivity index (χ4n) is 2.73. The number of hydrogen-bond donors (Lipinski definition) is 1. The Morgan fingerprint density at radius 1 is 1.30 bits per heavy atom. The van der Waals surface area contributed by atoms with Crippen molar-refractivity contribution >= 4 is 5.91 Å². The van der Waals surface area contributed by atoms with Gasteiger partial charge in [0.2, 0.25) is 5.91 Å². The fraction of sp³-hybridized carbons (Fsp3) is 0.625. The average Bonchev–Trinajstić information content (AvgIpc) is 2.52. The van der Waals surface area contributed by atoms with Gasteiger partial charge < -0.3 is 10.2 Å². The molecule has 1 atom stereocenters. The standard InChI is InChI=1S/C16H25N3O/c1-2-15(14-6-9-17-10-7-14)18-16(20)8-13-19-11-4-3-5-12-19/h6-7,9-10,15H,2-5,8,11-13H2,1H3,(H,18,20). The van der Waals surface area contributed by atoms with E-state index in [4.69, 9.17) is 0 Å². The summed E-state index contributed by atoms with van der Waals surface area (Å²) in [5.41, 5.74) is 1.13. The monoisotopic (exact) mass is 275 g/mol. The highest BCUT2D eigenvalue weighted by Crippen LogP contribution is 2.15. The summed E-state index contributed by atoms with van der Waals surface area (Å²) in [6.45, 7) is 5.28. The minimum Gasteiger partial charge on any atom is -0.349 e. The van der Waals surface area contributed by atoms with Gasteiger partial charge in [-0.15, -0.1) is 0 Å². The van der Waals surface area contributed by atoms with E-state index in [0.717, 1.165) is 31.6 Å². The van der Waals surface area contributed by atoms with Crippen LogP contribution in [0.5, 0.6) is 0 Å². The van der Waals surface area contributed by atoms with Crippen molar-refractivity contribution in [2.45, 2.75) is 45.1 Å². The summed E-state index contributed by atoms with van der Waals surface area (Å²) in [5.74, 6) is 0.152. The third kappa shape index (κ3) is 4.60. The van der Waals surface area contributed by atoms with Crippen LogP contribution in [0.25, 0.3) is 0 Å². The molecule has 1 aromatic heterocycles. The van der Waals surface area contributed by atoms with Crippen molar-refractivity contribution in [1.29, 1.82) is 0 Å². The molecule has 1 fully saturated rings. The third-order valence-corrected chi connectivity index (χ3v) is 3.96. The number of pyridine rings is 1. The number of carbonyl (C=O) groups is 1. The lowest BCUT2D eigenvalue weighted by Gasteiger charge is -2.26. The van der Waals surface area contributed by atoms with Gasteiger partial charge in [-0.2, -0.15) is 0 Å². The Labute approximate surface area is 121 Å². The van der Waals surface area contributed by atoms with Crippen LogP contribution in [0.2, 0.25) is 0 Å². The maximum Gasteiger partial charge on any atom is 0.221 e. The quantitative estimate of drug-likeness (QED) is 0.867. The van der Waals surface area contributed by atoms with E-state index in [0.29, 0.717) is 6.42 Å². The summed E-state index contributed by atoms with van der Waals surface area (Å²) in [6.07, 6.45) is 8.94. The Morgan fingerprint density at radius 3 is 2.65 bits per heavy atom. The molecule has 2 heterocycles. The molecule has 0 saturated carbocycles. The van der Waals surface area contributed by atoms with Crippen LogP contribution in [-0.2, 0) is 4.79 Å². The second-order valence-electron chi connectivity index (χ2n) is 5.46. The predicted molar refractivity (Wildman–Crippen MR) is 80.3 cm³/mol. The molecule has 1 aliphatic heterocycles. The number of carbonyl (C=O) groups excluding carboxylic acids is 1. The Balaban J connectivity index is 1.77. The molecular formula is C16H25N3O. The lowest BCUT2D eigenvalue weighted by molar-refractivity contribution is -0.122. The Bertz CT molecular complexity index is 401. The van der Waals surface area contributed by atoms with E-state index >= 15 is 0 Å². The first-order valence-corrected chi connectivity index (χ1v) is 7.71. The van der Waals surface area contributed by atoms with E-state index in [-0.39, 0.29) is 11.9 Å². The van der Waals surface area contributed by atoms with E-state index in [2.05, 4.69) is 22.1 Å². The molecule has 0 radical (unpaired) electrons. The van der Waals surface area contributed by atoms with Gasteiger partial charge in [-0.1, -0.05) is 13.3 Å². The smallest absolute Gasteiger partial charge is 0.221 e. The van der Waals surface area contributed by atoms with Crippen LogP contribution in [0.4, 0.5) is 0 Å². The molecular weight excluding hydrogens is 250 g/mol. The van der Waals surface area contributed by atoms with Crippen molar-refractivity contribution < 1.29 is 4.79 Å². The number of rotatable bonds is 6. The molecule has 20 heavy (non-hydrogen) atoms. The zero-order valence-corrected chi connectivity index (χ0v) is 12.3. The highest BCUT2D eigenvalue weighted by atomic mass is 16.1. The van der Waals surface area contributed by atoms with E-state index in [9.17, 15) is 4.79 Å². The molecule has 1 N–H and O–H groups in total. The second kappa shape index (κ2) is 8.00. The van der Waals surface area contributed by atoms with Gasteiger partial charge in [0.25, 0.3) is 0 Å². The van der Waals surface area contributed by atoms with Gasteiger partial charge in [0.1, 0.15) is 0 Å². The zero-order chi connectivity index (χ0) is 14.2. The van der Waals surface area contributed by atoms with Crippen molar-refractivity contribution in [3.05, 3.63) is 30.1 Å². The van der Waals surface area contributed by atoms with Crippen LogP contribution in [0.1, 0.15) is 50.6 Å². The summed E-state index contributed by atoms with van der Waals surface area (Å²) in [7, 11) is 0. The summed E-state index contributed by atoms with van der Waals surface area (Å²) in [4.78, 5) is 18.5. The van der Waals surface area contributed by atoms with Crippen molar-refractivity contribution in [1.82, 2.24) is 15.2 Å². The highest BCUT2D eigenvalue weighted by Gasteiger charge is 2.15. The van der Waals surface area contributed by atoms with Gasteiger partial charge in [-0.25, -0.2) is 0 Å². The average molecular weight is 275 g/mol. The molecule has 0 aromatic carbocycles. The second-order valence-corrected chi connectivity index (χ2v) is 5.46. The number of amides is 1. The zero-order valence-electron chi connectivity index (χ0n) is 12.3. The van der Waals surface area contributed by atoms with Gasteiger partial charge in [-0.3, -0.25) is 9.78 Å². The molecule has 4 nitrogen and oxygen atoms in total. The van der Waals surface area contributed by atoms with Gasteiger partial charge in [0.05, 0.1) is 6.04 Å². The summed E-state index contributed by atoms with van der Waals surface area (Å²) in [5, 5.41) is 3.13. The van der Waals surface area contributed by atoms with Crippen molar-refractivity contribution in [2.24, 2.45) is 0 Å². The van der Waals surface area contributed by atoms with Crippen molar-refractivity contribution in [2.75, 3.05) is 19.6 Å². The maximum atomic E-state index is 12.1. The van der Waals surface area contributed by atoms with Gasteiger partial charge in [0, 0.05) is 25.4 Å². The predicted octanol–water partition coefficient (Wildman–Crippen LogP) is 2.52. The molecule has 0 bridgehead atoms. The number of likely N-dealkylation sites (tertiary alicyclic amines) is 1. The Hall–Kier alpha value is -1.42. The fourth-order valence-corrected chi connectivity index (χ4v) is 2.73. The lowest BCUT2D eigenvalue weighted by Crippen LogP contribution is -2.35. The van der Waals surface area contributed by atoms with Crippen LogP contribution < -0.4 is 5.32 Å². The van der Waals surface area contributed by atoms with Crippen LogP contribution in [0, 0.1) is 0 Å². The first-order valence-electron chi connectivity index (χ1n) is 7.71. The lowest BCUT2D eigenvalue weighted by atomic mass is 10.1. The molecule has 4 heteroatoms. The molecule has 0 aliphatic carbocycles. The minimum absolute atomic E-state index is 0.104. The van der Waals surface area contributed by atoms with Crippen molar-refractivity contribution in [3.63, 3.8) is 0 Å². The first kappa shape index (κ1) is 15.0. The van der Waals surface area contributed by atoms with Crippen molar-refractivity contribution in [3.8, 4) is 0 Å². The molecule has 1 aliphatic rings. The number of aromatic nitrogens is 1. The molecule has 1 aromatic rings. The number of nitrogens with zero attached hydrogens (tertiary/aromatic N) is 2. The van der Waals surface area contributed by atoms with Crippen LogP contribution >= 0.6 is 0 Å². The summed E-state index contributed by atoms with van der Waals surface area (Å²) < 4.78 is 0. The van der Waals surface area contributed by atoms with E-state index in [1.165, 1.54) is 19.3 Å². The van der Waals surface area contributed by atoms with Crippen LogP contribution in [0.3, 0.4) is 0 Å². The van der Waals surface area contributed by atoms with E-state index in [1.807, 2.05) is 12.1 Å². The highest BCUT2D eigenvalue weighted by molar-refractivity contribution is 5.76. The normalized spacial score (nSPS) is 17.6. The first-order chi connectivity index (χ1) is 9.79. The molecule has 1 amide bonds. The number of piperidine rings is 1. The largest absolute Gasteiger partial charge is 0.349 e. The van der Waals surface area contributed by atoms with Gasteiger partial charge in [-0.05, 0) is 50.0 Å². The van der Waals surface area contributed by atoms with E-state index < -0.39 is 0 Å². The minimum atomic E-state index is 0.104. The molecule has 110 valence electrons. The Morgan fingerprint density at radius 2 is 2.00 bits per heavy atom. The summed E-state index contributed by atoms with van der Waals surface area (Å²) in [6, 6.07) is 4.05. The van der Waals surface area contributed by atoms with Gasteiger partial charge >= 0.3 is 0 Å². The number of nitrogens with one attached hydrogen (secondary N) is 1. The molecule has 1 unspecified atom stereocenters. The summed E-state index contributed by atoms with van der Waals surface area (Å²) >= 11 is 0. The van der Waals surface area contributed by atoms with E-state index in [1.54, 1.807) is 12.4 Å². The molecule has 0 spiro atoms. The third-order valence-electron chi connectivity index (χ3n) is 3.96. The maximum absolute atomic E-state index is 12.1. The topological polar surface area (TPSA) is 45.2 Å². The SMILES string of the molecule is CCC(NC(=O)CCN1CCCCC1)c1ccncc1. The molecule has 1 saturated heterocycles. The van der Waals surface area contributed by atoms with Crippen LogP contribution in [0.15, 0.2) is 24.5 Å². The number of hydrogen-bond acceptors (Lipinski definition) is 3.